The number of aromatic nitrogens is 5. The molecule has 10 heteroatoms. The van der Waals surface area contributed by atoms with Gasteiger partial charge in [-0.05, 0) is 31.1 Å². The molecular weight excluding hydrogens is 342 g/mol. The molecular formula is C15H23N7O2S. The first-order valence-electron chi connectivity index (χ1n) is 8.67. The molecule has 2 aromatic heterocycles. The van der Waals surface area contributed by atoms with Gasteiger partial charge >= 0.3 is 0 Å². The molecule has 0 aromatic carbocycles. The molecule has 0 spiro atoms. The lowest BCUT2D eigenvalue weighted by Gasteiger charge is -2.36. The number of sulfonamides is 1. The molecule has 1 saturated carbocycles. The van der Waals surface area contributed by atoms with Gasteiger partial charge in [0.05, 0.1) is 6.26 Å². The number of anilines is 1. The van der Waals surface area contributed by atoms with Crippen molar-refractivity contribution in [3.05, 3.63) is 6.33 Å². The lowest BCUT2D eigenvalue weighted by molar-refractivity contribution is 0.262. The molecule has 4 rings (SSSR count). The molecule has 2 atom stereocenters. The fourth-order valence-electron chi connectivity index (χ4n) is 3.36. The predicted octanol–water partition coefficient (Wildman–Crippen LogP) is 0.713. The molecule has 1 saturated heterocycles. The molecule has 136 valence electrons. The second kappa shape index (κ2) is 6.17. The molecule has 0 bridgehead atoms. The van der Waals surface area contributed by atoms with Gasteiger partial charge in [-0.1, -0.05) is 12.1 Å². The molecule has 1 aliphatic heterocycles. The summed E-state index contributed by atoms with van der Waals surface area (Å²) in [5.41, 5.74) is 1.44. The Bertz CT molecular complexity index is 877. The van der Waals surface area contributed by atoms with E-state index in [0.29, 0.717) is 30.3 Å². The molecule has 1 aliphatic carbocycles. The van der Waals surface area contributed by atoms with Gasteiger partial charge in [-0.3, -0.25) is 0 Å². The summed E-state index contributed by atoms with van der Waals surface area (Å²) in [5.74, 6) is 1.54. The Morgan fingerprint density at radius 3 is 2.76 bits per heavy atom. The average Bonchev–Trinajstić information content (AvgIpc) is 3.28. The number of hydrogen-bond donors (Lipinski definition) is 1. The first-order valence-corrected chi connectivity index (χ1v) is 10.5. The van der Waals surface area contributed by atoms with Crippen LogP contribution in [0, 0.1) is 11.8 Å². The lowest BCUT2D eigenvalue weighted by atomic mass is 9.95. The minimum absolute atomic E-state index is 0.143. The minimum atomic E-state index is -3.14. The number of nitrogens with zero attached hydrogens (tertiary/aromatic N) is 6. The monoisotopic (exact) mass is 365 g/mol. The van der Waals surface area contributed by atoms with Crippen LogP contribution in [0.25, 0.3) is 11.2 Å². The van der Waals surface area contributed by atoms with E-state index in [0.717, 1.165) is 18.6 Å². The highest BCUT2D eigenvalue weighted by Gasteiger charge is 2.31. The Kier molecular flexibility index (Phi) is 4.11. The maximum Gasteiger partial charge on any atom is 0.211 e. The van der Waals surface area contributed by atoms with Crippen molar-refractivity contribution >= 4 is 27.0 Å². The summed E-state index contributed by atoms with van der Waals surface area (Å²) in [4.78, 5) is 8.68. The third kappa shape index (κ3) is 3.45. The van der Waals surface area contributed by atoms with E-state index in [-0.39, 0.29) is 12.0 Å². The van der Waals surface area contributed by atoms with Crippen LogP contribution in [0.2, 0.25) is 0 Å². The smallest absolute Gasteiger partial charge is 0.211 e. The van der Waals surface area contributed by atoms with Crippen molar-refractivity contribution in [1.29, 1.82) is 0 Å². The largest absolute Gasteiger partial charge is 0.365 e. The molecule has 0 amide bonds. The standard InChI is InChI=1S/C15H23N7O2S/c1-10-7-21(25(2,23)24)6-5-12(10)18-14-13-15(17-9-16-14)22(20-19-13)8-11-3-4-11/h9-12H,3-8H2,1-2H3,(H,16,17,18). The van der Waals surface area contributed by atoms with Gasteiger partial charge in [0, 0.05) is 25.7 Å². The molecule has 2 aliphatic rings. The second-order valence-electron chi connectivity index (χ2n) is 7.25. The van der Waals surface area contributed by atoms with Crippen LogP contribution in [0.3, 0.4) is 0 Å². The van der Waals surface area contributed by atoms with E-state index in [9.17, 15) is 8.42 Å². The number of rotatable bonds is 5. The third-order valence-electron chi connectivity index (χ3n) is 5.09. The van der Waals surface area contributed by atoms with Crippen LogP contribution in [0.15, 0.2) is 6.33 Å². The normalized spacial score (nSPS) is 25.4. The first kappa shape index (κ1) is 16.6. The van der Waals surface area contributed by atoms with E-state index in [1.54, 1.807) is 0 Å². The summed E-state index contributed by atoms with van der Waals surface area (Å²) in [6, 6.07) is 0.143. The van der Waals surface area contributed by atoms with E-state index < -0.39 is 10.0 Å². The Labute approximate surface area is 146 Å². The number of fused-ring (bicyclic) bond motifs is 1. The molecule has 25 heavy (non-hydrogen) atoms. The molecule has 1 N–H and O–H groups in total. The van der Waals surface area contributed by atoms with Crippen molar-refractivity contribution in [3.8, 4) is 0 Å². The number of nitrogens with one attached hydrogen (secondary N) is 1. The Balaban J connectivity index is 1.52. The maximum absolute atomic E-state index is 11.7. The highest BCUT2D eigenvalue weighted by molar-refractivity contribution is 7.88. The average molecular weight is 365 g/mol. The summed E-state index contributed by atoms with van der Waals surface area (Å²) in [5, 5.41) is 11.9. The number of piperidine rings is 1. The van der Waals surface area contributed by atoms with Crippen molar-refractivity contribution in [1.82, 2.24) is 29.3 Å². The SMILES string of the molecule is CC1CN(S(C)(=O)=O)CCC1Nc1ncnc2c1nnn2CC1CC1. The second-order valence-corrected chi connectivity index (χ2v) is 9.23. The van der Waals surface area contributed by atoms with Crippen LogP contribution >= 0.6 is 0 Å². The van der Waals surface area contributed by atoms with Gasteiger partial charge in [-0.2, -0.15) is 0 Å². The van der Waals surface area contributed by atoms with Gasteiger partial charge in [0.2, 0.25) is 10.0 Å². The molecule has 2 aromatic rings. The first-order chi connectivity index (χ1) is 11.9. The van der Waals surface area contributed by atoms with Gasteiger partial charge in [-0.15, -0.1) is 5.10 Å². The van der Waals surface area contributed by atoms with E-state index >= 15 is 0 Å². The molecule has 3 heterocycles. The summed E-state index contributed by atoms with van der Waals surface area (Å²) >= 11 is 0. The van der Waals surface area contributed by atoms with Crippen molar-refractivity contribution in [2.24, 2.45) is 11.8 Å². The van der Waals surface area contributed by atoms with Gasteiger partial charge in [-0.25, -0.2) is 27.4 Å². The van der Waals surface area contributed by atoms with Crippen LogP contribution in [-0.4, -0.2) is 63.1 Å². The van der Waals surface area contributed by atoms with Crippen LogP contribution in [-0.2, 0) is 16.6 Å². The highest BCUT2D eigenvalue weighted by Crippen LogP contribution is 2.31. The fraction of sp³-hybridized carbons (Fsp3) is 0.733. The Morgan fingerprint density at radius 2 is 2.08 bits per heavy atom. The topological polar surface area (TPSA) is 106 Å². The summed E-state index contributed by atoms with van der Waals surface area (Å²) in [6.45, 7) is 3.94. The molecule has 2 unspecified atom stereocenters. The molecule has 2 fully saturated rings. The maximum atomic E-state index is 11.7. The van der Waals surface area contributed by atoms with Gasteiger partial charge in [0.15, 0.2) is 17.0 Å². The number of hydrogen-bond acceptors (Lipinski definition) is 7. The van der Waals surface area contributed by atoms with Crippen LogP contribution in [0.5, 0.6) is 0 Å². The van der Waals surface area contributed by atoms with Crippen molar-refractivity contribution in [2.75, 3.05) is 24.7 Å². The van der Waals surface area contributed by atoms with Gasteiger partial charge in [0.25, 0.3) is 0 Å². The quantitative estimate of drug-likeness (QED) is 0.832. The zero-order valence-corrected chi connectivity index (χ0v) is 15.3. The summed E-state index contributed by atoms with van der Waals surface area (Å²) < 4.78 is 26.9. The zero-order valence-electron chi connectivity index (χ0n) is 14.5. The van der Waals surface area contributed by atoms with Gasteiger partial charge in [0.1, 0.15) is 6.33 Å². The van der Waals surface area contributed by atoms with Gasteiger partial charge < -0.3 is 5.32 Å². The van der Waals surface area contributed by atoms with E-state index in [1.807, 2.05) is 4.68 Å². The molecule has 9 nitrogen and oxygen atoms in total. The minimum Gasteiger partial charge on any atom is -0.365 e. The van der Waals surface area contributed by atoms with Crippen molar-refractivity contribution in [2.45, 2.75) is 38.8 Å². The van der Waals surface area contributed by atoms with Crippen LogP contribution in [0.1, 0.15) is 26.2 Å². The van der Waals surface area contributed by atoms with Crippen LogP contribution in [0.4, 0.5) is 5.82 Å². The van der Waals surface area contributed by atoms with Crippen LogP contribution < -0.4 is 5.32 Å². The summed E-state index contributed by atoms with van der Waals surface area (Å²) in [7, 11) is -3.14. The lowest BCUT2D eigenvalue weighted by Crippen LogP contribution is -2.47. The Hall–Kier alpha value is -1.81. The fourth-order valence-corrected chi connectivity index (χ4v) is 4.31. The third-order valence-corrected chi connectivity index (χ3v) is 6.36. The predicted molar refractivity (Wildman–Crippen MR) is 93.5 cm³/mol. The van der Waals surface area contributed by atoms with E-state index in [2.05, 4.69) is 32.5 Å². The van der Waals surface area contributed by atoms with E-state index in [4.69, 9.17) is 0 Å². The van der Waals surface area contributed by atoms with Crippen molar-refractivity contribution < 1.29 is 8.42 Å². The molecule has 0 radical (unpaired) electrons. The highest BCUT2D eigenvalue weighted by atomic mass is 32.2. The van der Waals surface area contributed by atoms with Crippen molar-refractivity contribution in [3.63, 3.8) is 0 Å². The van der Waals surface area contributed by atoms with E-state index in [1.165, 1.54) is 29.7 Å². The Morgan fingerprint density at radius 1 is 1.28 bits per heavy atom. The summed E-state index contributed by atoms with van der Waals surface area (Å²) in [6.07, 6.45) is 6.02. The zero-order chi connectivity index (χ0) is 17.6.